The molecule has 0 aliphatic carbocycles. The van der Waals surface area contributed by atoms with E-state index in [-0.39, 0.29) is 5.41 Å². The van der Waals surface area contributed by atoms with Gasteiger partial charge in [-0.3, -0.25) is 0 Å². The Morgan fingerprint density at radius 3 is 2.75 bits per heavy atom. The van der Waals surface area contributed by atoms with Gasteiger partial charge in [0.1, 0.15) is 0 Å². The molecule has 2 fully saturated rings. The van der Waals surface area contributed by atoms with E-state index in [0.717, 1.165) is 45.3 Å². The van der Waals surface area contributed by atoms with Gasteiger partial charge in [-0.1, -0.05) is 6.92 Å². The van der Waals surface area contributed by atoms with Crippen LogP contribution in [0.2, 0.25) is 0 Å². The Labute approximate surface area is 98.4 Å². The van der Waals surface area contributed by atoms with Crippen LogP contribution in [0.15, 0.2) is 0 Å². The third kappa shape index (κ3) is 2.76. The standard InChI is InChI=1S/C11H22N2O2S/c1-11(5-4-6-12-9-11)10-13-7-2-3-8-16(13,14)15/h12H,2-10H2,1H3. The van der Waals surface area contributed by atoms with E-state index in [4.69, 9.17) is 0 Å². The first-order valence-electron chi connectivity index (χ1n) is 6.20. The number of piperidine rings is 1. The molecular formula is C11H22N2O2S. The molecule has 0 aromatic heterocycles. The van der Waals surface area contributed by atoms with Crippen LogP contribution in [-0.2, 0) is 10.0 Å². The van der Waals surface area contributed by atoms with Crippen LogP contribution in [0, 0.1) is 5.41 Å². The number of nitrogens with zero attached hydrogens (tertiary/aromatic N) is 1. The third-order valence-corrected chi connectivity index (χ3v) is 5.60. The largest absolute Gasteiger partial charge is 0.316 e. The zero-order valence-electron chi connectivity index (χ0n) is 10.0. The topological polar surface area (TPSA) is 49.4 Å². The Morgan fingerprint density at radius 1 is 1.31 bits per heavy atom. The molecule has 0 aromatic rings. The highest BCUT2D eigenvalue weighted by Crippen LogP contribution is 2.29. The molecule has 2 saturated heterocycles. The molecule has 1 N–H and O–H groups in total. The van der Waals surface area contributed by atoms with Gasteiger partial charge in [0.25, 0.3) is 0 Å². The van der Waals surface area contributed by atoms with Gasteiger partial charge in [0.2, 0.25) is 10.0 Å². The monoisotopic (exact) mass is 246 g/mol. The second-order valence-corrected chi connectivity index (χ2v) is 7.54. The van der Waals surface area contributed by atoms with Crippen LogP contribution in [-0.4, -0.2) is 44.7 Å². The molecule has 0 bridgehead atoms. The van der Waals surface area contributed by atoms with Gasteiger partial charge in [-0.05, 0) is 37.6 Å². The first-order chi connectivity index (χ1) is 7.52. The number of sulfonamides is 1. The normalized spacial score (nSPS) is 36.1. The van der Waals surface area contributed by atoms with Crippen LogP contribution in [0.5, 0.6) is 0 Å². The highest BCUT2D eigenvalue weighted by atomic mass is 32.2. The van der Waals surface area contributed by atoms with Gasteiger partial charge in [0.05, 0.1) is 5.75 Å². The minimum absolute atomic E-state index is 0.128. The Balaban J connectivity index is 2.02. The second kappa shape index (κ2) is 4.63. The summed E-state index contributed by atoms with van der Waals surface area (Å²) >= 11 is 0. The van der Waals surface area contributed by atoms with Crippen LogP contribution >= 0.6 is 0 Å². The highest BCUT2D eigenvalue weighted by Gasteiger charge is 2.34. The summed E-state index contributed by atoms with van der Waals surface area (Å²) < 4.78 is 25.5. The molecule has 4 nitrogen and oxygen atoms in total. The van der Waals surface area contributed by atoms with Crippen LogP contribution in [0.4, 0.5) is 0 Å². The summed E-state index contributed by atoms with van der Waals surface area (Å²) in [6.07, 6.45) is 4.13. The molecule has 1 atom stereocenters. The molecule has 16 heavy (non-hydrogen) atoms. The van der Waals surface area contributed by atoms with Crippen molar-refractivity contribution in [2.45, 2.75) is 32.6 Å². The average Bonchev–Trinajstić information content (AvgIpc) is 2.22. The van der Waals surface area contributed by atoms with Gasteiger partial charge in [0, 0.05) is 19.6 Å². The Morgan fingerprint density at radius 2 is 2.12 bits per heavy atom. The lowest BCUT2D eigenvalue weighted by Gasteiger charge is -2.39. The van der Waals surface area contributed by atoms with E-state index in [1.54, 1.807) is 4.31 Å². The smallest absolute Gasteiger partial charge is 0.214 e. The Bertz CT molecular complexity index is 334. The van der Waals surface area contributed by atoms with Gasteiger partial charge in [-0.15, -0.1) is 0 Å². The van der Waals surface area contributed by atoms with E-state index >= 15 is 0 Å². The molecule has 2 aliphatic heterocycles. The maximum absolute atomic E-state index is 11.9. The zero-order valence-corrected chi connectivity index (χ0v) is 10.9. The van der Waals surface area contributed by atoms with Gasteiger partial charge >= 0.3 is 0 Å². The third-order valence-electron chi connectivity index (χ3n) is 3.70. The lowest BCUT2D eigenvalue weighted by Crippen LogP contribution is -2.49. The fraction of sp³-hybridized carbons (Fsp3) is 1.00. The van der Waals surface area contributed by atoms with Crippen LogP contribution < -0.4 is 5.32 Å². The Hall–Kier alpha value is -0.130. The van der Waals surface area contributed by atoms with Crippen LogP contribution in [0.3, 0.4) is 0 Å². The van der Waals surface area contributed by atoms with Gasteiger partial charge in [-0.2, -0.15) is 0 Å². The molecule has 2 heterocycles. The second-order valence-electron chi connectivity index (χ2n) is 5.45. The lowest BCUT2D eigenvalue weighted by molar-refractivity contribution is 0.180. The maximum atomic E-state index is 11.9. The van der Waals surface area contributed by atoms with Gasteiger partial charge in [0.15, 0.2) is 0 Å². The van der Waals surface area contributed by atoms with E-state index < -0.39 is 10.0 Å². The van der Waals surface area contributed by atoms with E-state index in [2.05, 4.69) is 12.2 Å². The van der Waals surface area contributed by atoms with Gasteiger partial charge in [-0.25, -0.2) is 12.7 Å². The summed E-state index contributed by atoms with van der Waals surface area (Å²) in [6.45, 7) is 5.63. The molecule has 2 rings (SSSR count). The minimum atomic E-state index is -2.96. The predicted molar refractivity (Wildman–Crippen MR) is 64.8 cm³/mol. The molecule has 0 saturated carbocycles. The number of hydrogen-bond acceptors (Lipinski definition) is 3. The quantitative estimate of drug-likeness (QED) is 0.784. The molecule has 2 aliphatic rings. The van der Waals surface area contributed by atoms with Crippen LogP contribution in [0.25, 0.3) is 0 Å². The number of rotatable bonds is 2. The van der Waals surface area contributed by atoms with Crippen molar-refractivity contribution in [2.75, 3.05) is 31.9 Å². The fourth-order valence-electron chi connectivity index (χ4n) is 2.70. The molecule has 0 amide bonds. The Kier molecular flexibility index (Phi) is 3.56. The fourth-order valence-corrected chi connectivity index (χ4v) is 4.44. The summed E-state index contributed by atoms with van der Waals surface area (Å²) in [5.74, 6) is 0.344. The number of nitrogens with one attached hydrogen (secondary N) is 1. The molecule has 0 radical (unpaired) electrons. The van der Waals surface area contributed by atoms with Crippen molar-refractivity contribution in [1.29, 1.82) is 0 Å². The predicted octanol–water partition coefficient (Wildman–Crippen LogP) is 0.802. The van der Waals surface area contributed by atoms with Crippen molar-refractivity contribution < 1.29 is 8.42 Å². The number of hydrogen-bond donors (Lipinski definition) is 1. The summed E-state index contributed by atoms with van der Waals surface area (Å²) in [4.78, 5) is 0. The van der Waals surface area contributed by atoms with Crippen molar-refractivity contribution in [1.82, 2.24) is 9.62 Å². The van der Waals surface area contributed by atoms with Crippen molar-refractivity contribution in [3.8, 4) is 0 Å². The van der Waals surface area contributed by atoms with Crippen molar-refractivity contribution in [3.63, 3.8) is 0 Å². The summed E-state index contributed by atoms with van der Waals surface area (Å²) in [5, 5.41) is 3.37. The van der Waals surface area contributed by atoms with Crippen molar-refractivity contribution >= 4 is 10.0 Å². The first kappa shape index (κ1) is 12.3. The molecule has 94 valence electrons. The zero-order chi connectivity index (χ0) is 11.6. The van der Waals surface area contributed by atoms with E-state index in [0.29, 0.717) is 12.3 Å². The van der Waals surface area contributed by atoms with Crippen molar-refractivity contribution in [2.24, 2.45) is 5.41 Å². The minimum Gasteiger partial charge on any atom is -0.316 e. The lowest BCUT2D eigenvalue weighted by atomic mass is 9.83. The first-order valence-corrected chi connectivity index (χ1v) is 7.81. The van der Waals surface area contributed by atoms with E-state index in [9.17, 15) is 8.42 Å². The molecule has 0 spiro atoms. The SMILES string of the molecule is CC1(CN2CCCCS2(=O)=O)CCCNC1. The summed E-state index contributed by atoms with van der Waals surface area (Å²) in [6, 6.07) is 0. The van der Waals surface area contributed by atoms with Crippen LogP contribution in [0.1, 0.15) is 32.6 Å². The highest BCUT2D eigenvalue weighted by molar-refractivity contribution is 7.89. The summed E-state index contributed by atoms with van der Waals surface area (Å²) in [7, 11) is -2.96. The summed E-state index contributed by atoms with van der Waals surface area (Å²) in [5.41, 5.74) is 0.128. The molecule has 0 aromatic carbocycles. The van der Waals surface area contributed by atoms with E-state index in [1.807, 2.05) is 0 Å². The maximum Gasteiger partial charge on any atom is 0.214 e. The molecule has 1 unspecified atom stereocenters. The van der Waals surface area contributed by atoms with Crippen molar-refractivity contribution in [3.05, 3.63) is 0 Å². The van der Waals surface area contributed by atoms with Gasteiger partial charge < -0.3 is 5.32 Å². The molecular weight excluding hydrogens is 224 g/mol. The average molecular weight is 246 g/mol. The molecule has 5 heteroatoms. The van der Waals surface area contributed by atoms with E-state index in [1.165, 1.54) is 0 Å².